The molecule has 2 rings (SSSR count). The third kappa shape index (κ3) is 2.54. The van der Waals surface area contributed by atoms with Gasteiger partial charge in [0.05, 0.1) is 19.3 Å². The van der Waals surface area contributed by atoms with E-state index in [0.29, 0.717) is 11.3 Å². The topological polar surface area (TPSA) is 53.1 Å². The monoisotopic (exact) mass is 277 g/mol. The molecule has 0 saturated heterocycles. The van der Waals surface area contributed by atoms with Gasteiger partial charge in [-0.1, -0.05) is 12.1 Å². The first-order valence-corrected chi connectivity index (χ1v) is 6.58. The van der Waals surface area contributed by atoms with Crippen LogP contribution in [0.5, 0.6) is 5.75 Å². The number of hydrogen-bond donors (Lipinski definition) is 1. The van der Waals surface area contributed by atoms with Crippen LogP contribution in [0.25, 0.3) is 0 Å². The standard InChI is InChI=1S/C15H20FN3O/c1-9(2)19-15(13(20-4)8-18-19)14(17)11-5-6-12(16)10(3)7-11/h5-9,14H,17H2,1-4H3. The van der Waals surface area contributed by atoms with Gasteiger partial charge in [-0.3, -0.25) is 4.68 Å². The molecule has 20 heavy (non-hydrogen) atoms. The van der Waals surface area contributed by atoms with Crippen molar-refractivity contribution < 1.29 is 9.13 Å². The van der Waals surface area contributed by atoms with Crippen LogP contribution in [-0.2, 0) is 0 Å². The first kappa shape index (κ1) is 14.5. The van der Waals surface area contributed by atoms with Crippen molar-refractivity contribution in [2.75, 3.05) is 7.11 Å². The molecule has 2 aromatic rings. The van der Waals surface area contributed by atoms with Crippen molar-refractivity contribution in [2.24, 2.45) is 5.73 Å². The molecule has 0 aliphatic carbocycles. The number of nitrogens with zero attached hydrogens (tertiary/aromatic N) is 2. The van der Waals surface area contributed by atoms with E-state index in [1.165, 1.54) is 6.07 Å². The Labute approximate surface area is 118 Å². The second kappa shape index (κ2) is 5.63. The van der Waals surface area contributed by atoms with Crippen molar-refractivity contribution >= 4 is 0 Å². The molecule has 1 heterocycles. The summed E-state index contributed by atoms with van der Waals surface area (Å²) in [6.07, 6.45) is 1.66. The van der Waals surface area contributed by atoms with Crippen LogP contribution >= 0.6 is 0 Å². The van der Waals surface area contributed by atoms with E-state index in [4.69, 9.17) is 10.5 Å². The summed E-state index contributed by atoms with van der Waals surface area (Å²) in [7, 11) is 1.59. The molecular formula is C15H20FN3O. The minimum atomic E-state index is -0.408. The SMILES string of the molecule is COc1cnn(C(C)C)c1C(N)c1ccc(F)c(C)c1. The van der Waals surface area contributed by atoms with E-state index in [2.05, 4.69) is 5.10 Å². The number of aromatic nitrogens is 2. The largest absolute Gasteiger partial charge is 0.493 e. The third-order valence-corrected chi connectivity index (χ3v) is 3.34. The summed E-state index contributed by atoms with van der Waals surface area (Å²) in [6, 6.07) is 4.66. The van der Waals surface area contributed by atoms with Crippen molar-refractivity contribution in [2.45, 2.75) is 32.9 Å². The summed E-state index contributed by atoms with van der Waals surface area (Å²) in [6.45, 7) is 5.78. The molecule has 0 aliphatic heterocycles. The van der Waals surface area contributed by atoms with E-state index in [9.17, 15) is 4.39 Å². The molecule has 1 aromatic heterocycles. The van der Waals surface area contributed by atoms with Crippen LogP contribution in [0.4, 0.5) is 4.39 Å². The average Bonchev–Trinajstić information content (AvgIpc) is 2.85. The van der Waals surface area contributed by atoms with Crippen LogP contribution in [0.15, 0.2) is 24.4 Å². The predicted molar refractivity (Wildman–Crippen MR) is 76.3 cm³/mol. The average molecular weight is 277 g/mol. The van der Waals surface area contributed by atoms with Gasteiger partial charge in [-0.05, 0) is 38.0 Å². The highest BCUT2D eigenvalue weighted by atomic mass is 19.1. The van der Waals surface area contributed by atoms with Crippen LogP contribution in [0.2, 0.25) is 0 Å². The molecule has 0 fully saturated rings. The summed E-state index contributed by atoms with van der Waals surface area (Å²) in [5, 5.41) is 4.31. The summed E-state index contributed by atoms with van der Waals surface area (Å²) < 4.78 is 20.5. The number of halogens is 1. The number of aryl methyl sites for hydroxylation is 1. The smallest absolute Gasteiger partial charge is 0.161 e. The molecule has 1 aromatic carbocycles. The maximum atomic E-state index is 13.4. The van der Waals surface area contributed by atoms with Gasteiger partial charge in [0.2, 0.25) is 0 Å². The summed E-state index contributed by atoms with van der Waals surface area (Å²) in [4.78, 5) is 0. The highest BCUT2D eigenvalue weighted by molar-refractivity contribution is 5.38. The van der Waals surface area contributed by atoms with Gasteiger partial charge in [0.15, 0.2) is 5.75 Å². The van der Waals surface area contributed by atoms with E-state index in [1.807, 2.05) is 18.5 Å². The summed E-state index contributed by atoms with van der Waals surface area (Å²) in [5.41, 5.74) is 8.54. The number of methoxy groups -OCH3 is 1. The molecule has 5 heteroatoms. The number of rotatable bonds is 4. The van der Waals surface area contributed by atoms with Gasteiger partial charge in [-0.15, -0.1) is 0 Å². The Balaban J connectivity index is 2.49. The Kier molecular flexibility index (Phi) is 4.09. The second-order valence-electron chi connectivity index (χ2n) is 5.12. The quantitative estimate of drug-likeness (QED) is 0.934. The highest BCUT2D eigenvalue weighted by Gasteiger charge is 2.22. The molecular weight excluding hydrogens is 257 g/mol. The van der Waals surface area contributed by atoms with Gasteiger partial charge in [-0.25, -0.2) is 4.39 Å². The number of hydrogen-bond acceptors (Lipinski definition) is 3. The fourth-order valence-electron chi connectivity index (χ4n) is 2.24. The van der Waals surface area contributed by atoms with Crippen LogP contribution in [0.1, 0.15) is 42.8 Å². The molecule has 0 radical (unpaired) electrons. The lowest BCUT2D eigenvalue weighted by molar-refractivity contribution is 0.401. The Morgan fingerprint density at radius 3 is 2.60 bits per heavy atom. The molecule has 0 aliphatic rings. The first-order valence-electron chi connectivity index (χ1n) is 6.58. The van der Waals surface area contributed by atoms with Crippen molar-refractivity contribution in [1.82, 2.24) is 9.78 Å². The van der Waals surface area contributed by atoms with Gasteiger partial charge < -0.3 is 10.5 Å². The molecule has 4 nitrogen and oxygen atoms in total. The van der Waals surface area contributed by atoms with Crippen molar-refractivity contribution in [3.05, 3.63) is 47.0 Å². The fourth-order valence-corrected chi connectivity index (χ4v) is 2.24. The molecule has 0 amide bonds. The Morgan fingerprint density at radius 2 is 2.05 bits per heavy atom. The molecule has 1 unspecified atom stereocenters. The molecule has 2 N–H and O–H groups in total. The van der Waals surface area contributed by atoms with Gasteiger partial charge in [0.1, 0.15) is 11.5 Å². The first-order chi connectivity index (χ1) is 9.45. The van der Waals surface area contributed by atoms with Crippen LogP contribution < -0.4 is 10.5 Å². The fraction of sp³-hybridized carbons (Fsp3) is 0.400. The maximum absolute atomic E-state index is 13.4. The number of ether oxygens (including phenoxy) is 1. The highest BCUT2D eigenvalue weighted by Crippen LogP contribution is 2.30. The van der Waals surface area contributed by atoms with Gasteiger partial charge in [0.25, 0.3) is 0 Å². The second-order valence-corrected chi connectivity index (χ2v) is 5.12. The minimum absolute atomic E-state index is 0.168. The lowest BCUT2D eigenvalue weighted by Crippen LogP contribution is -2.19. The number of nitrogens with two attached hydrogens (primary N) is 1. The Hall–Kier alpha value is -1.88. The van der Waals surface area contributed by atoms with Crippen LogP contribution in [-0.4, -0.2) is 16.9 Å². The van der Waals surface area contributed by atoms with Crippen molar-refractivity contribution in [3.63, 3.8) is 0 Å². The van der Waals surface area contributed by atoms with Crippen LogP contribution in [0.3, 0.4) is 0 Å². The van der Waals surface area contributed by atoms with Crippen molar-refractivity contribution in [1.29, 1.82) is 0 Å². The summed E-state index contributed by atoms with van der Waals surface area (Å²) in [5.74, 6) is 0.415. The lowest BCUT2D eigenvalue weighted by Gasteiger charge is -2.18. The zero-order valence-electron chi connectivity index (χ0n) is 12.2. The van der Waals surface area contributed by atoms with Gasteiger partial charge in [0, 0.05) is 6.04 Å². The zero-order chi connectivity index (χ0) is 14.9. The Bertz CT molecular complexity index is 607. The van der Waals surface area contributed by atoms with Crippen molar-refractivity contribution in [3.8, 4) is 5.75 Å². The van der Waals surface area contributed by atoms with E-state index >= 15 is 0 Å². The third-order valence-electron chi connectivity index (χ3n) is 3.34. The molecule has 108 valence electrons. The minimum Gasteiger partial charge on any atom is -0.493 e. The van der Waals surface area contributed by atoms with E-state index < -0.39 is 6.04 Å². The summed E-state index contributed by atoms with van der Waals surface area (Å²) >= 11 is 0. The number of benzene rings is 1. The van der Waals surface area contributed by atoms with E-state index in [0.717, 1.165) is 11.3 Å². The molecule has 0 bridgehead atoms. The van der Waals surface area contributed by atoms with Gasteiger partial charge in [-0.2, -0.15) is 5.10 Å². The van der Waals surface area contributed by atoms with E-state index in [1.54, 1.807) is 32.4 Å². The normalized spacial score (nSPS) is 12.8. The lowest BCUT2D eigenvalue weighted by atomic mass is 10.0. The molecule has 0 saturated carbocycles. The Morgan fingerprint density at radius 1 is 1.35 bits per heavy atom. The van der Waals surface area contributed by atoms with Gasteiger partial charge >= 0.3 is 0 Å². The zero-order valence-corrected chi connectivity index (χ0v) is 12.2. The maximum Gasteiger partial charge on any atom is 0.161 e. The molecule has 0 spiro atoms. The van der Waals surface area contributed by atoms with Crippen LogP contribution in [0, 0.1) is 12.7 Å². The predicted octanol–water partition coefficient (Wildman–Crippen LogP) is 2.97. The molecule has 1 atom stereocenters. The van der Waals surface area contributed by atoms with E-state index in [-0.39, 0.29) is 11.9 Å².